The first-order chi connectivity index (χ1) is 6.65. The molecule has 0 radical (unpaired) electrons. The van der Waals surface area contributed by atoms with E-state index in [4.69, 9.17) is 5.73 Å². The molecule has 0 spiro atoms. The molecule has 0 aliphatic heterocycles. The summed E-state index contributed by atoms with van der Waals surface area (Å²) in [5.74, 6) is 0.0526. The van der Waals surface area contributed by atoms with Gasteiger partial charge in [-0.1, -0.05) is 13.8 Å². The fraction of sp³-hybridized carbons (Fsp3) is 0.400. The number of benzene rings is 1. The maximum Gasteiger partial charge on any atom is 0.123 e. The van der Waals surface area contributed by atoms with Crippen molar-refractivity contribution in [2.45, 2.75) is 26.7 Å². The van der Waals surface area contributed by atoms with Gasteiger partial charge >= 0.3 is 0 Å². The average Bonchev–Trinajstić information content (AvgIpc) is 2.17. The number of anilines is 1. The molecule has 0 bridgehead atoms. The first-order valence-corrected chi connectivity index (χ1v) is 4.62. The maximum atomic E-state index is 10.5. The number of hydrogen-bond acceptors (Lipinski definition) is 4. The first kappa shape index (κ1) is 10.5. The van der Waals surface area contributed by atoms with Gasteiger partial charge in [0.05, 0.1) is 0 Å². The molecule has 0 unspecified atom stereocenters. The van der Waals surface area contributed by atoms with Crippen molar-refractivity contribution in [1.29, 1.82) is 0 Å². The highest BCUT2D eigenvalue weighted by Gasteiger charge is 2.13. The van der Waals surface area contributed by atoms with E-state index in [0.717, 1.165) is 5.56 Å². The Morgan fingerprint density at radius 3 is 2.36 bits per heavy atom. The average molecular weight is 194 g/mol. The molecule has 4 nitrogen and oxygen atoms in total. The molecular weight excluding hydrogens is 180 g/mol. The fourth-order valence-corrected chi connectivity index (χ4v) is 1.59. The van der Waals surface area contributed by atoms with Crippen molar-refractivity contribution in [2.75, 3.05) is 5.73 Å². The minimum absolute atomic E-state index is 0.0526. The van der Waals surface area contributed by atoms with Crippen molar-refractivity contribution in [2.24, 2.45) is 5.18 Å². The number of nitrogens with zero attached hydrogens (tertiary/aromatic N) is 1. The smallest absolute Gasteiger partial charge is 0.123 e. The van der Waals surface area contributed by atoms with Crippen molar-refractivity contribution in [1.82, 2.24) is 0 Å². The van der Waals surface area contributed by atoms with E-state index in [2.05, 4.69) is 5.18 Å². The zero-order chi connectivity index (χ0) is 10.7. The molecule has 1 rings (SSSR count). The van der Waals surface area contributed by atoms with Gasteiger partial charge in [0.25, 0.3) is 0 Å². The molecule has 4 heteroatoms. The number of nitrogen functional groups attached to an aromatic ring is 1. The van der Waals surface area contributed by atoms with Crippen LogP contribution < -0.4 is 5.73 Å². The Balaban J connectivity index is 3.46. The van der Waals surface area contributed by atoms with Crippen molar-refractivity contribution in [3.63, 3.8) is 0 Å². The first-order valence-electron chi connectivity index (χ1n) is 4.62. The number of phenols is 1. The normalized spacial score (nSPS) is 10.1. The number of hydrogen-bond donors (Lipinski definition) is 2. The predicted molar refractivity (Wildman–Crippen MR) is 56.7 cm³/mol. The third-order valence-electron chi connectivity index (χ3n) is 2.35. The Morgan fingerprint density at radius 1 is 1.36 bits per heavy atom. The van der Waals surface area contributed by atoms with Crippen LogP contribution in [0.15, 0.2) is 11.2 Å². The van der Waals surface area contributed by atoms with Gasteiger partial charge in [-0.15, -0.1) is 4.91 Å². The third kappa shape index (κ3) is 1.55. The lowest BCUT2D eigenvalue weighted by Crippen LogP contribution is -1.99. The fourth-order valence-electron chi connectivity index (χ4n) is 1.59. The number of aromatic hydroxyl groups is 1. The highest BCUT2D eigenvalue weighted by molar-refractivity contribution is 5.69. The van der Waals surface area contributed by atoms with Gasteiger partial charge in [0, 0.05) is 22.9 Å². The molecule has 1 aromatic carbocycles. The van der Waals surface area contributed by atoms with Crippen LogP contribution in [0.5, 0.6) is 5.75 Å². The summed E-state index contributed by atoms with van der Waals surface area (Å²) in [5.41, 5.74) is 7.96. The summed E-state index contributed by atoms with van der Waals surface area (Å²) in [6.45, 7) is 3.80. The van der Waals surface area contributed by atoms with Crippen LogP contribution in [0.2, 0.25) is 0 Å². The van der Waals surface area contributed by atoms with E-state index in [0.29, 0.717) is 24.1 Å². The summed E-state index contributed by atoms with van der Waals surface area (Å²) in [6, 6.07) is 1.38. The van der Waals surface area contributed by atoms with E-state index in [-0.39, 0.29) is 11.4 Å². The molecule has 76 valence electrons. The predicted octanol–water partition coefficient (Wildman–Crippen LogP) is 2.50. The Morgan fingerprint density at radius 2 is 1.93 bits per heavy atom. The summed E-state index contributed by atoms with van der Waals surface area (Å²) < 4.78 is 0. The van der Waals surface area contributed by atoms with Gasteiger partial charge in [-0.25, -0.2) is 0 Å². The molecule has 0 amide bonds. The van der Waals surface area contributed by atoms with Crippen LogP contribution in [0.25, 0.3) is 0 Å². The lowest BCUT2D eigenvalue weighted by atomic mass is 10.0. The molecule has 1 aromatic rings. The zero-order valence-electron chi connectivity index (χ0n) is 8.37. The van der Waals surface area contributed by atoms with E-state index >= 15 is 0 Å². The molecule has 0 atom stereocenters. The second-order valence-corrected chi connectivity index (χ2v) is 3.08. The second-order valence-electron chi connectivity index (χ2n) is 3.08. The van der Waals surface area contributed by atoms with Crippen LogP contribution >= 0.6 is 0 Å². The minimum atomic E-state index is 0.0526. The largest absolute Gasteiger partial charge is 0.508 e. The molecule has 0 aromatic heterocycles. The Bertz CT molecular complexity index is 362. The molecule has 0 saturated heterocycles. The summed E-state index contributed by atoms with van der Waals surface area (Å²) in [5, 5.41) is 12.4. The van der Waals surface area contributed by atoms with Gasteiger partial charge in [-0.05, 0) is 18.0 Å². The molecule has 0 aliphatic carbocycles. The molecule has 0 aliphatic rings. The molecule has 0 heterocycles. The summed E-state index contributed by atoms with van der Waals surface area (Å²) >= 11 is 0. The van der Waals surface area contributed by atoms with Crippen LogP contribution in [-0.4, -0.2) is 5.11 Å². The van der Waals surface area contributed by atoms with Gasteiger partial charge in [-0.3, -0.25) is 0 Å². The molecule has 14 heavy (non-hydrogen) atoms. The van der Waals surface area contributed by atoms with Crippen LogP contribution in [0, 0.1) is 4.91 Å². The number of phenolic OH excluding ortho intramolecular Hbond substituents is 1. The zero-order valence-corrected chi connectivity index (χ0v) is 8.37. The highest BCUT2D eigenvalue weighted by Crippen LogP contribution is 2.35. The molecule has 0 saturated carbocycles. The van der Waals surface area contributed by atoms with Crippen LogP contribution in [-0.2, 0) is 12.8 Å². The Labute approximate surface area is 82.7 Å². The van der Waals surface area contributed by atoms with E-state index in [1.807, 2.05) is 13.8 Å². The van der Waals surface area contributed by atoms with E-state index in [9.17, 15) is 10.0 Å². The highest BCUT2D eigenvalue weighted by atomic mass is 16.3. The summed E-state index contributed by atoms with van der Waals surface area (Å²) in [4.78, 5) is 10.5. The lowest BCUT2D eigenvalue weighted by Gasteiger charge is -2.11. The molecule has 0 fully saturated rings. The van der Waals surface area contributed by atoms with E-state index in [1.165, 1.54) is 6.07 Å². The van der Waals surface area contributed by atoms with Gasteiger partial charge in [-0.2, -0.15) is 0 Å². The minimum Gasteiger partial charge on any atom is -0.508 e. The van der Waals surface area contributed by atoms with Gasteiger partial charge in [0.2, 0.25) is 0 Å². The topological polar surface area (TPSA) is 75.7 Å². The number of rotatable bonds is 3. The monoisotopic (exact) mass is 194 g/mol. The van der Waals surface area contributed by atoms with Crippen molar-refractivity contribution in [3.05, 3.63) is 22.1 Å². The summed E-state index contributed by atoms with van der Waals surface area (Å²) in [7, 11) is 0. The van der Waals surface area contributed by atoms with Crippen molar-refractivity contribution in [3.8, 4) is 5.75 Å². The van der Waals surface area contributed by atoms with Gasteiger partial charge in [0.15, 0.2) is 0 Å². The molecular formula is C10H14N2O2. The van der Waals surface area contributed by atoms with E-state index in [1.54, 1.807) is 0 Å². The SMILES string of the molecule is CCc1c(O)cc(N=O)c(CC)c1N. The maximum absolute atomic E-state index is 10.5. The van der Waals surface area contributed by atoms with Crippen molar-refractivity contribution < 1.29 is 5.11 Å². The van der Waals surface area contributed by atoms with Gasteiger partial charge < -0.3 is 10.8 Å². The Kier molecular flexibility index (Phi) is 3.06. The quantitative estimate of drug-likeness (QED) is 0.573. The number of nitroso groups, excluding NO2 is 1. The number of nitrogens with two attached hydrogens (primary N) is 1. The third-order valence-corrected chi connectivity index (χ3v) is 2.35. The van der Waals surface area contributed by atoms with Crippen LogP contribution in [0.3, 0.4) is 0 Å². The van der Waals surface area contributed by atoms with Crippen LogP contribution in [0.4, 0.5) is 11.4 Å². The second kappa shape index (κ2) is 4.09. The molecule has 3 N–H and O–H groups in total. The lowest BCUT2D eigenvalue weighted by molar-refractivity contribution is 0.469. The van der Waals surface area contributed by atoms with Crippen LogP contribution in [0.1, 0.15) is 25.0 Å². The van der Waals surface area contributed by atoms with E-state index < -0.39 is 0 Å². The van der Waals surface area contributed by atoms with Crippen molar-refractivity contribution >= 4 is 11.4 Å². The standard InChI is InChI=1S/C10H14N2O2/c1-3-6-8(12-14)5-9(13)7(4-2)10(6)11/h5,13H,3-4,11H2,1-2H3. The van der Waals surface area contributed by atoms with Gasteiger partial charge in [0.1, 0.15) is 11.4 Å². The summed E-state index contributed by atoms with van der Waals surface area (Å²) in [6.07, 6.45) is 1.28. The Hall–Kier alpha value is -1.58.